The van der Waals surface area contributed by atoms with E-state index in [1.807, 2.05) is 24.3 Å². The number of carbonyl (C=O) groups excluding carboxylic acids is 1. The predicted octanol–water partition coefficient (Wildman–Crippen LogP) is 0.513. The van der Waals surface area contributed by atoms with Crippen molar-refractivity contribution in [2.24, 2.45) is 0 Å². The number of rotatable bonds is 2. The first-order valence-corrected chi connectivity index (χ1v) is 6.55. The lowest BCUT2D eigenvalue weighted by Gasteiger charge is -2.20. The lowest BCUT2D eigenvalue weighted by molar-refractivity contribution is -0.124. The van der Waals surface area contributed by atoms with Crippen LogP contribution in [0.15, 0.2) is 24.3 Å². The van der Waals surface area contributed by atoms with Crippen molar-refractivity contribution >= 4 is 5.91 Å². The lowest BCUT2D eigenvalue weighted by Crippen LogP contribution is -2.44. The van der Waals surface area contributed by atoms with Crippen LogP contribution < -0.4 is 10.6 Å². The zero-order valence-electron chi connectivity index (χ0n) is 10.2. The van der Waals surface area contributed by atoms with Crippen LogP contribution in [0.1, 0.15) is 30.0 Å². The Balaban J connectivity index is 1.74. The van der Waals surface area contributed by atoms with E-state index in [-0.39, 0.29) is 18.0 Å². The monoisotopic (exact) mass is 246 g/mol. The van der Waals surface area contributed by atoms with Crippen LogP contribution in [0.25, 0.3) is 0 Å². The fraction of sp³-hybridized carbons (Fsp3) is 0.500. The van der Waals surface area contributed by atoms with Gasteiger partial charge < -0.3 is 15.7 Å². The number of fused-ring (bicyclic) bond motifs is 1. The molecule has 0 saturated carbocycles. The number of carbonyl (C=O) groups is 1. The van der Waals surface area contributed by atoms with Crippen LogP contribution in [0, 0.1) is 0 Å². The second kappa shape index (κ2) is 4.71. The molecule has 4 nitrogen and oxygen atoms in total. The molecule has 96 valence electrons. The Morgan fingerprint density at radius 3 is 3.00 bits per heavy atom. The maximum absolute atomic E-state index is 12.1. The van der Waals surface area contributed by atoms with Crippen LogP contribution in [0.2, 0.25) is 0 Å². The summed E-state index contributed by atoms with van der Waals surface area (Å²) >= 11 is 0. The zero-order chi connectivity index (χ0) is 12.5. The van der Waals surface area contributed by atoms with Gasteiger partial charge in [0, 0.05) is 6.42 Å². The SMILES string of the molecule is O=C(N[C@H]1c2ccccc2C[C@@H]1O)[C@@H]1CCCN1. The van der Waals surface area contributed by atoms with Gasteiger partial charge in [0.05, 0.1) is 18.2 Å². The molecule has 1 aromatic rings. The molecule has 1 heterocycles. The highest BCUT2D eigenvalue weighted by Gasteiger charge is 2.33. The molecular weight excluding hydrogens is 228 g/mol. The second-order valence-electron chi connectivity index (χ2n) is 5.11. The van der Waals surface area contributed by atoms with Gasteiger partial charge in [0.2, 0.25) is 5.91 Å². The largest absolute Gasteiger partial charge is 0.390 e. The lowest BCUT2D eigenvalue weighted by atomic mass is 10.1. The molecule has 0 radical (unpaired) electrons. The van der Waals surface area contributed by atoms with Gasteiger partial charge in [-0.25, -0.2) is 0 Å². The highest BCUT2D eigenvalue weighted by Crippen LogP contribution is 2.31. The minimum atomic E-state index is -0.507. The van der Waals surface area contributed by atoms with E-state index in [9.17, 15) is 9.90 Å². The maximum Gasteiger partial charge on any atom is 0.237 e. The zero-order valence-corrected chi connectivity index (χ0v) is 10.2. The van der Waals surface area contributed by atoms with E-state index < -0.39 is 6.10 Å². The minimum absolute atomic E-state index is 0.00764. The average Bonchev–Trinajstić information content (AvgIpc) is 2.98. The van der Waals surface area contributed by atoms with Gasteiger partial charge in [-0.3, -0.25) is 4.79 Å². The predicted molar refractivity (Wildman–Crippen MR) is 68.1 cm³/mol. The van der Waals surface area contributed by atoms with Gasteiger partial charge in [-0.05, 0) is 30.5 Å². The Hall–Kier alpha value is -1.39. The number of aliphatic hydroxyl groups is 1. The topological polar surface area (TPSA) is 61.4 Å². The fourth-order valence-electron chi connectivity index (χ4n) is 2.91. The van der Waals surface area contributed by atoms with E-state index in [4.69, 9.17) is 0 Å². The molecule has 0 spiro atoms. The Labute approximate surface area is 106 Å². The Morgan fingerprint density at radius 2 is 2.22 bits per heavy atom. The van der Waals surface area contributed by atoms with Gasteiger partial charge >= 0.3 is 0 Å². The normalized spacial score (nSPS) is 30.2. The number of benzene rings is 1. The van der Waals surface area contributed by atoms with Crippen LogP contribution >= 0.6 is 0 Å². The molecular formula is C14H18N2O2. The molecule has 1 aliphatic heterocycles. The number of aliphatic hydroxyl groups excluding tert-OH is 1. The summed E-state index contributed by atoms with van der Waals surface area (Å²) in [6.45, 7) is 0.905. The molecule has 0 aromatic heterocycles. The molecule has 1 fully saturated rings. The smallest absolute Gasteiger partial charge is 0.237 e. The van der Waals surface area contributed by atoms with Gasteiger partial charge in [0.25, 0.3) is 0 Å². The number of amides is 1. The molecule has 3 atom stereocenters. The van der Waals surface area contributed by atoms with E-state index in [0.717, 1.165) is 30.5 Å². The molecule has 4 heteroatoms. The Bertz CT molecular complexity index is 455. The first kappa shape index (κ1) is 11.7. The molecule has 3 N–H and O–H groups in total. The summed E-state index contributed by atoms with van der Waals surface area (Å²) in [5.41, 5.74) is 2.19. The molecule has 1 aliphatic carbocycles. The maximum atomic E-state index is 12.1. The molecule has 0 bridgehead atoms. The van der Waals surface area contributed by atoms with Crippen molar-refractivity contribution in [1.82, 2.24) is 10.6 Å². The third kappa shape index (κ3) is 2.02. The van der Waals surface area contributed by atoms with Crippen molar-refractivity contribution in [3.63, 3.8) is 0 Å². The molecule has 18 heavy (non-hydrogen) atoms. The van der Waals surface area contributed by atoms with Crippen LogP contribution in [0.5, 0.6) is 0 Å². The second-order valence-corrected chi connectivity index (χ2v) is 5.11. The first-order chi connectivity index (χ1) is 8.75. The number of hydrogen-bond acceptors (Lipinski definition) is 3. The van der Waals surface area contributed by atoms with Gasteiger partial charge in [-0.2, -0.15) is 0 Å². The molecule has 3 rings (SSSR count). The van der Waals surface area contributed by atoms with E-state index >= 15 is 0 Å². The summed E-state index contributed by atoms with van der Waals surface area (Å²) in [7, 11) is 0. The van der Waals surface area contributed by atoms with Gasteiger partial charge in [0.15, 0.2) is 0 Å². The molecule has 1 aromatic carbocycles. The van der Waals surface area contributed by atoms with Crippen molar-refractivity contribution < 1.29 is 9.90 Å². The quantitative estimate of drug-likeness (QED) is 0.712. The Kier molecular flexibility index (Phi) is 3.06. The highest BCUT2D eigenvalue weighted by molar-refractivity contribution is 5.82. The third-order valence-corrected chi connectivity index (χ3v) is 3.88. The average molecular weight is 246 g/mol. The van der Waals surface area contributed by atoms with Crippen LogP contribution in [0.4, 0.5) is 0 Å². The van der Waals surface area contributed by atoms with E-state index in [1.54, 1.807) is 0 Å². The van der Waals surface area contributed by atoms with Gasteiger partial charge in [-0.15, -0.1) is 0 Å². The molecule has 1 amide bonds. The molecule has 2 aliphatic rings. The summed E-state index contributed by atoms with van der Waals surface area (Å²) < 4.78 is 0. The third-order valence-electron chi connectivity index (χ3n) is 3.88. The summed E-state index contributed by atoms with van der Waals surface area (Å²) in [4.78, 5) is 12.1. The van der Waals surface area contributed by atoms with Crippen molar-refractivity contribution in [1.29, 1.82) is 0 Å². The summed E-state index contributed by atoms with van der Waals surface area (Å²) in [6, 6.07) is 7.57. The van der Waals surface area contributed by atoms with Crippen molar-refractivity contribution in [2.75, 3.05) is 6.54 Å². The first-order valence-electron chi connectivity index (χ1n) is 6.55. The van der Waals surface area contributed by atoms with Crippen molar-refractivity contribution in [2.45, 2.75) is 37.5 Å². The van der Waals surface area contributed by atoms with Crippen LogP contribution in [-0.4, -0.2) is 29.7 Å². The Morgan fingerprint density at radius 1 is 1.39 bits per heavy atom. The van der Waals surface area contributed by atoms with E-state index in [2.05, 4.69) is 10.6 Å². The summed E-state index contributed by atoms with van der Waals surface area (Å²) in [6.07, 6.45) is 2.05. The van der Waals surface area contributed by atoms with Crippen molar-refractivity contribution in [3.05, 3.63) is 35.4 Å². The molecule has 1 saturated heterocycles. The van der Waals surface area contributed by atoms with Gasteiger partial charge in [-0.1, -0.05) is 24.3 Å². The minimum Gasteiger partial charge on any atom is -0.390 e. The van der Waals surface area contributed by atoms with E-state index in [1.165, 1.54) is 0 Å². The fourth-order valence-corrected chi connectivity index (χ4v) is 2.91. The van der Waals surface area contributed by atoms with Crippen LogP contribution in [0.3, 0.4) is 0 Å². The van der Waals surface area contributed by atoms with Crippen molar-refractivity contribution in [3.8, 4) is 0 Å². The van der Waals surface area contributed by atoms with Crippen LogP contribution in [-0.2, 0) is 11.2 Å². The molecule has 0 unspecified atom stereocenters. The summed E-state index contributed by atoms with van der Waals surface area (Å²) in [5.74, 6) is 0.00764. The number of nitrogens with one attached hydrogen (secondary N) is 2. The van der Waals surface area contributed by atoms with E-state index in [0.29, 0.717) is 6.42 Å². The number of hydrogen-bond donors (Lipinski definition) is 3. The van der Waals surface area contributed by atoms with Gasteiger partial charge in [0.1, 0.15) is 0 Å². The summed E-state index contributed by atoms with van der Waals surface area (Å²) in [5, 5.41) is 16.2. The standard InChI is InChI=1S/C14H18N2O2/c17-12-8-9-4-1-2-5-10(9)13(12)16-14(18)11-6-3-7-15-11/h1-2,4-5,11-13,15,17H,3,6-8H2,(H,16,18)/t11-,12-,13-/m0/s1. The highest BCUT2D eigenvalue weighted by atomic mass is 16.3.